The van der Waals surface area contributed by atoms with Crippen LogP contribution in [0.3, 0.4) is 0 Å². The third kappa shape index (κ3) is 6.76. The second-order valence-electron chi connectivity index (χ2n) is 12.9. The molecule has 2 aliphatic heterocycles. The summed E-state index contributed by atoms with van der Waals surface area (Å²) in [6, 6.07) is 4.59. The van der Waals surface area contributed by atoms with Crippen LogP contribution in [-0.4, -0.2) is 103 Å². The molecule has 0 spiro atoms. The molecule has 2 N–H and O–H groups in total. The number of nitrogens with zero attached hydrogens (tertiary/aromatic N) is 5. The van der Waals surface area contributed by atoms with E-state index in [0.717, 1.165) is 32.5 Å². The number of rotatable bonds is 9. The van der Waals surface area contributed by atoms with Crippen molar-refractivity contribution in [2.75, 3.05) is 70.7 Å². The molecule has 1 atom stereocenters. The molecule has 11 nitrogen and oxygen atoms in total. The van der Waals surface area contributed by atoms with Gasteiger partial charge < -0.3 is 29.5 Å². The fourth-order valence-electron chi connectivity index (χ4n) is 6.60. The van der Waals surface area contributed by atoms with E-state index in [1.54, 1.807) is 4.90 Å². The summed E-state index contributed by atoms with van der Waals surface area (Å²) < 4.78 is 62.7. The molecule has 260 valence electrons. The zero-order chi connectivity index (χ0) is 35.0. The number of terminal acetylenes is 1. The third-order valence-corrected chi connectivity index (χ3v) is 9.37. The maximum absolute atomic E-state index is 16.9. The van der Waals surface area contributed by atoms with Crippen LogP contribution >= 0.6 is 0 Å². The van der Waals surface area contributed by atoms with E-state index in [0.29, 0.717) is 31.8 Å². The Balaban J connectivity index is 1.31. The van der Waals surface area contributed by atoms with Crippen LogP contribution in [-0.2, 0) is 14.3 Å². The molecule has 3 fully saturated rings. The monoisotopic (exact) mass is 688 g/mol. The first-order valence-electron chi connectivity index (χ1n) is 16.3. The number of benzene rings is 2. The van der Waals surface area contributed by atoms with Crippen molar-refractivity contribution in [1.82, 2.24) is 25.2 Å². The van der Waals surface area contributed by atoms with Crippen molar-refractivity contribution < 1.29 is 37.3 Å². The van der Waals surface area contributed by atoms with Gasteiger partial charge in [0.05, 0.1) is 50.0 Å². The van der Waals surface area contributed by atoms with Crippen LogP contribution in [0.4, 0.5) is 19.0 Å². The number of fused-ring (bicyclic) bond motifs is 2. The third-order valence-electron chi connectivity index (χ3n) is 9.37. The summed E-state index contributed by atoms with van der Waals surface area (Å²) in [5.74, 6) is -1.24. The first kappa shape index (κ1) is 33.5. The topological polar surface area (TPSA) is 122 Å². The van der Waals surface area contributed by atoms with Crippen LogP contribution in [0.2, 0.25) is 0 Å². The van der Waals surface area contributed by atoms with Crippen LogP contribution in [0.5, 0.6) is 11.8 Å². The van der Waals surface area contributed by atoms with E-state index in [-0.39, 0.29) is 75.9 Å². The zero-order valence-corrected chi connectivity index (χ0v) is 27.2. The quantitative estimate of drug-likeness (QED) is 0.196. The van der Waals surface area contributed by atoms with E-state index in [1.165, 1.54) is 30.5 Å². The highest BCUT2D eigenvalue weighted by Crippen LogP contribution is 2.47. The Hall–Kier alpha value is -4.97. The lowest BCUT2D eigenvalue weighted by atomic mass is 9.96. The van der Waals surface area contributed by atoms with Crippen LogP contribution < -0.4 is 15.0 Å². The van der Waals surface area contributed by atoms with Gasteiger partial charge >= 0.3 is 6.01 Å². The Morgan fingerprint density at radius 2 is 1.94 bits per heavy atom. The molecule has 1 saturated carbocycles. The first-order valence-corrected chi connectivity index (χ1v) is 16.3. The number of morpholine rings is 1. The first-order chi connectivity index (χ1) is 24.1. The number of aromatic hydroxyl groups is 1. The number of phenols is 1. The lowest BCUT2D eigenvalue weighted by molar-refractivity contribution is -0.119. The van der Waals surface area contributed by atoms with E-state index in [1.807, 2.05) is 0 Å². The molecule has 50 heavy (non-hydrogen) atoms. The highest BCUT2D eigenvalue weighted by molar-refractivity contribution is 6.03. The molecule has 7 rings (SSSR count). The van der Waals surface area contributed by atoms with Crippen molar-refractivity contribution in [2.45, 2.75) is 18.9 Å². The van der Waals surface area contributed by atoms with Gasteiger partial charge in [0.25, 0.3) is 5.91 Å². The van der Waals surface area contributed by atoms with Gasteiger partial charge in [-0.3, -0.25) is 14.7 Å². The van der Waals surface area contributed by atoms with Crippen LogP contribution in [0.15, 0.2) is 42.9 Å². The van der Waals surface area contributed by atoms with Crippen LogP contribution in [0, 0.1) is 29.4 Å². The normalized spacial score (nSPS) is 19.2. The molecule has 14 heteroatoms. The summed E-state index contributed by atoms with van der Waals surface area (Å²) in [5, 5.41) is 13.9. The molecule has 2 aromatic carbocycles. The number of ether oxygens (including phenoxy) is 3. The smallest absolute Gasteiger partial charge is 0.319 e. The summed E-state index contributed by atoms with van der Waals surface area (Å²) in [4.78, 5) is 29.9. The lowest BCUT2D eigenvalue weighted by Crippen LogP contribution is -2.45. The minimum Gasteiger partial charge on any atom is -0.508 e. The molecule has 1 amide bonds. The van der Waals surface area contributed by atoms with Gasteiger partial charge in [-0.1, -0.05) is 18.6 Å². The molecule has 4 aromatic rings. The summed E-state index contributed by atoms with van der Waals surface area (Å²) >= 11 is 0. The van der Waals surface area contributed by atoms with E-state index in [4.69, 9.17) is 25.6 Å². The van der Waals surface area contributed by atoms with E-state index < -0.39 is 29.4 Å². The summed E-state index contributed by atoms with van der Waals surface area (Å²) in [5.41, 5.74) is -0.475. The van der Waals surface area contributed by atoms with Gasteiger partial charge in [-0.2, -0.15) is 9.97 Å². The second kappa shape index (κ2) is 13.7. The number of hydrogen-bond donors (Lipinski definition) is 2. The maximum Gasteiger partial charge on any atom is 0.319 e. The van der Waals surface area contributed by atoms with Gasteiger partial charge in [0, 0.05) is 55.3 Å². The number of carbonyl (C=O) groups is 1. The van der Waals surface area contributed by atoms with E-state index >= 15 is 4.39 Å². The SMILES string of the molecule is C#Cc1c(F)ccc2cc(O)cc(-c3ncc4c(N5CCOCC(NC(=O)C(=C)F)C5)nc(OCC5(CN6CCOCC6)CC5)nc4c3F)c12. The average Bonchev–Trinajstić information content (AvgIpc) is 3.91. The highest BCUT2D eigenvalue weighted by atomic mass is 19.1. The van der Waals surface area contributed by atoms with Crippen LogP contribution in [0.25, 0.3) is 32.9 Å². The van der Waals surface area contributed by atoms with Gasteiger partial charge in [-0.25, -0.2) is 13.2 Å². The number of anilines is 1. The Labute approximate surface area is 286 Å². The van der Waals surface area contributed by atoms with Crippen molar-refractivity contribution in [2.24, 2.45) is 5.41 Å². The Bertz CT molecular complexity index is 2030. The number of pyridine rings is 1. The lowest BCUT2D eigenvalue weighted by Gasteiger charge is -2.30. The fraction of sp³-hybridized carbons (Fsp3) is 0.389. The Morgan fingerprint density at radius 3 is 2.68 bits per heavy atom. The average molecular weight is 689 g/mol. The summed E-state index contributed by atoms with van der Waals surface area (Å²) in [6.45, 7) is 7.96. The van der Waals surface area contributed by atoms with E-state index in [9.17, 15) is 18.7 Å². The molecule has 2 aromatic heterocycles. The molecule has 4 heterocycles. The molecule has 2 saturated heterocycles. The number of aromatic nitrogens is 3. The zero-order valence-electron chi connectivity index (χ0n) is 27.2. The molecule has 0 radical (unpaired) electrons. The minimum absolute atomic E-state index is 0.0733. The number of hydrogen-bond acceptors (Lipinski definition) is 10. The van der Waals surface area contributed by atoms with Gasteiger partial charge in [0.15, 0.2) is 11.6 Å². The van der Waals surface area contributed by atoms with E-state index in [2.05, 4.69) is 32.7 Å². The van der Waals surface area contributed by atoms with Gasteiger partial charge in [0.2, 0.25) is 0 Å². The predicted octanol–water partition coefficient (Wildman–Crippen LogP) is 4.11. The molecule has 3 aliphatic rings. The molecule has 1 unspecified atom stereocenters. The number of nitrogens with one attached hydrogen (secondary N) is 1. The van der Waals surface area contributed by atoms with Crippen molar-refractivity contribution in [1.29, 1.82) is 0 Å². The molecular formula is C36H35F3N6O5. The number of phenolic OH excluding ortho intramolecular Hbond substituents is 1. The second-order valence-corrected chi connectivity index (χ2v) is 12.9. The van der Waals surface area contributed by atoms with Gasteiger partial charge in [-0.15, -0.1) is 6.42 Å². The summed E-state index contributed by atoms with van der Waals surface area (Å²) in [7, 11) is 0. The van der Waals surface area contributed by atoms with Crippen molar-refractivity contribution in [3.8, 4) is 35.4 Å². The van der Waals surface area contributed by atoms with Gasteiger partial charge in [-0.05, 0) is 36.4 Å². The fourth-order valence-corrected chi connectivity index (χ4v) is 6.60. The Morgan fingerprint density at radius 1 is 1.16 bits per heavy atom. The minimum atomic E-state index is -1.14. The maximum atomic E-state index is 16.9. The number of halogens is 3. The van der Waals surface area contributed by atoms with Crippen molar-refractivity contribution in [3.05, 3.63) is 60.1 Å². The number of carbonyl (C=O) groups excluding carboxylic acids is 1. The van der Waals surface area contributed by atoms with Crippen molar-refractivity contribution >= 4 is 33.4 Å². The molecule has 0 bridgehead atoms. The van der Waals surface area contributed by atoms with Crippen molar-refractivity contribution in [3.63, 3.8) is 0 Å². The van der Waals surface area contributed by atoms with Crippen LogP contribution in [0.1, 0.15) is 18.4 Å². The number of amides is 1. The summed E-state index contributed by atoms with van der Waals surface area (Å²) in [6.07, 6.45) is 8.98. The predicted molar refractivity (Wildman–Crippen MR) is 179 cm³/mol. The largest absolute Gasteiger partial charge is 0.508 e. The highest BCUT2D eigenvalue weighted by Gasteiger charge is 2.45. The molecule has 1 aliphatic carbocycles. The van der Waals surface area contributed by atoms with Gasteiger partial charge in [0.1, 0.15) is 28.6 Å². The molecular weight excluding hydrogens is 653 g/mol. The Kier molecular flexibility index (Phi) is 9.21. The standard InChI is InChI=1S/C36H35F3N6O5/c1-3-25-28(38)5-4-22-14-24(46)15-26(29(22)25)31-30(39)32-27(16-40-31)33(45-10-13-49-18-23(17-45)41-34(47)21(2)37)43-35(42-32)50-20-36(6-7-36)19-44-8-11-48-12-9-44/h1,4-5,14-16,23,46H,2,6-13,17-20H2,(H,41,47).